The minimum absolute atomic E-state index is 0.109. The van der Waals surface area contributed by atoms with Crippen LogP contribution in [0, 0.1) is 11.2 Å². The van der Waals surface area contributed by atoms with Gasteiger partial charge in [-0.15, -0.1) is 5.10 Å². The first-order valence-corrected chi connectivity index (χ1v) is 12.2. The molecule has 5 rings (SSSR count). The zero-order valence-electron chi connectivity index (χ0n) is 17.7. The number of hydrogen-bond acceptors (Lipinski definition) is 5. The van der Waals surface area contributed by atoms with E-state index in [4.69, 9.17) is 10.1 Å². The number of Topliss-reactive ketones (excluding diaryl/α,β-unsaturated/α-hetero) is 1. The van der Waals surface area contributed by atoms with Crippen molar-refractivity contribution in [2.24, 2.45) is 5.41 Å². The van der Waals surface area contributed by atoms with Gasteiger partial charge in [0.15, 0.2) is 5.78 Å². The Labute approximate surface area is 198 Å². The summed E-state index contributed by atoms with van der Waals surface area (Å²) >= 11 is 5.00. The molecule has 1 N–H and O–H groups in total. The van der Waals surface area contributed by atoms with E-state index in [1.54, 1.807) is 6.07 Å². The van der Waals surface area contributed by atoms with Gasteiger partial charge in [0.2, 0.25) is 11.1 Å². The van der Waals surface area contributed by atoms with Crippen LogP contribution >= 0.6 is 27.7 Å². The Hall–Kier alpha value is -2.45. The maximum atomic E-state index is 13.5. The van der Waals surface area contributed by atoms with E-state index in [0.29, 0.717) is 23.3 Å². The van der Waals surface area contributed by atoms with E-state index in [9.17, 15) is 9.18 Å². The number of carbonyl (C=O) groups excluding carboxylic acids is 1. The first-order chi connectivity index (χ1) is 15.3. The van der Waals surface area contributed by atoms with Gasteiger partial charge in [-0.1, -0.05) is 65.8 Å². The van der Waals surface area contributed by atoms with Crippen LogP contribution in [0.3, 0.4) is 0 Å². The fourth-order valence-electron chi connectivity index (χ4n) is 4.41. The van der Waals surface area contributed by atoms with E-state index < -0.39 is 0 Å². The summed E-state index contributed by atoms with van der Waals surface area (Å²) in [5, 5.41) is 8.72. The van der Waals surface area contributed by atoms with Crippen molar-refractivity contribution < 1.29 is 9.18 Å². The fraction of sp³-hybridized carbons (Fsp3) is 0.292. The van der Waals surface area contributed by atoms with Gasteiger partial charge in [-0.3, -0.25) is 4.79 Å². The third kappa shape index (κ3) is 4.13. The number of nitrogens with one attached hydrogen (secondary N) is 1. The second-order valence-corrected chi connectivity index (χ2v) is 10.9. The Balaban J connectivity index is 1.53. The SMILES string of the molecule is CC1(C)CC(=O)C2=C(C1)Nc1nc(SCc3cccc(F)c3)nn1C2c1cccc(Br)c1. The van der Waals surface area contributed by atoms with Crippen molar-refractivity contribution in [1.29, 1.82) is 0 Å². The number of ketones is 1. The highest BCUT2D eigenvalue weighted by atomic mass is 79.9. The molecule has 0 amide bonds. The summed E-state index contributed by atoms with van der Waals surface area (Å²) in [5.74, 6) is 1.07. The Morgan fingerprint density at radius 3 is 2.81 bits per heavy atom. The van der Waals surface area contributed by atoms with Crippen LogP contribution in [0.1, 0.15) is 43.9 Å². The molecule has 32 heavy (non-hydrogen) atoms. The largest absolute Gasteiger partial charge is 0.328 e. The zero-order valence-corrected chi connectivity index (χ0v) is 20.1. The Kier molecular flexibility index (Phi) is 5.45. The standard InChI is InChI=1S/C24H22BrFN4OS/c1-24(2)11-18-20(19(31)12-24)21(15-6-4-7-16(25)10-15)30-22(27-18)28-23(29-30)32-13-14-5-3-8-17(26)9-14/h3-10,21H,11-13H2,1-2H3,(H,27,28,29). The van der Waals surface area contributed by atoms with Crippen LogP contribution < -0.4 is 5.32 Å². The second kappa shape index (κ2) is 8.15. The van der Waals surface area contributed by atoms with Crippen LogP contribution in [0.2, 0.25) is 0 Å². The number of thioether (sulfide) groups is 1. The monoisotopic (exact) mass is 512 g/mol. The molecule has 1 aliphatic carbocycles. The molecule has 1 atom stereocenters. The highest BCUT2D eigenvalue weighted by Gasteiger charge is 2.41. The van der Waals surface area contributed by atoms with Gasteiger partial charge in [0.25, 0.3) is 0 Å². The van der Waals surface area contributed by atoms with Crippen LogP contribution in [-0.4, -0.2) is 20.5 Å². The number of halogens is 2. The number of aromatic nitrogens is 3. The van der Waals surface area contributed by atoms with E-state index in [0.717, 1.165) is 33.3 Å². The molecule has 0 saturated heterocycles. The summed E-state index contributed by atoms with van der Waals surface area (Å²) in [7, 11) is 0. The van der Waals surface area contributed by atoms with Crippen LogP contribution in [-0.2, 0) is 10.5 Å². The van der Waals surface area contributed by atoms with Gasteiger partial charge in [0, 0.05) is 27.9 Å². The molecule has 164 valence electrons. The van der Waals surface area contributed by atoms with Crippen molar-refractivity contribution >= 4 is 39.4 Å². The van der Waals surface area contributed by atoms with Crippen LogP contribution in [0.4, 0.5) is 10.3 Å². The molecule has 2 aromatic carbocycles. The number of anilines is 1. The van der Waals surface area contributed by atoms with E-state index in [1.165, 1.54) is 23.9 Å². The Morgan fingerprint density at radius 2 is 2.03 bits per heavy atom. The van der Waals surface area contributed by atoms with Crippen molar-refractivity contribution in [3.05, 3.63) is 81.2 Å². The third-order valence-electron chi connectivity index (χ3n) is 5.73. The van der Waals surface area contributed by atoms with Gasteiger partial charge >= 0.3 is 0 Å². The van der Waals surface area contributed by atoms with Gasteiger partial charge in [-0.25, -0.2) is 9.07 Å². The highest BCUT2D eigenvalue weighted by molar-refractivity contribution is 9.10. The Morgan fingerprint density at radius 1 is 1.22 bits per heavy atom. The summed E-state index contributed by atoms with van der Waals surface area (Å²) in [6, 6.07) is 14.2. The number of allylic oxidation sites excluding steroid dienone is 2. The molecule has 2 aliphatic rings. The molecule has 2 heterocycles. The molecule has 0 saturated carbocycles. The third-order valence-corrected chi connectivity index (χ3v) is 7.14. The van der Waals surface area contributed by atoms with Crippen LogP contribution in [0.5, 0.6) is 0 Å². The molecule has 0 spiro atoms. The van der Waals surface area contributed by atoms with E-state index in [2.05, 4.69) is 35.1 Å². The predicted octanol–water partition coefficient (Wildman–Crippen LogP) is 6.13. The van der Waals surface area contributed by atoms with E-state index in [1.807, 2.05) is 35.0 Å². The zero-order chi connectivity index (χ0) is 22.5. The number of rotatable bonds is 4. The smallest absolute Gasteiger partial charge is 0.227 e. The lowest BCUT2D eigenvalue weighted by Gasteiger charge is -2.38. The number of carbonyl (C=O) groups is 1. The van der Waals surface area contributed by atoms with Crippen LogP contribution in [0.25, 0.3) is 0 Å². The molecular weight excluding hydrogens is 491 g/mol. The van der Waals surface area contributed by atoms with Crippen molar-refractivity contribution in [3.8, 4) is 0 Å². The molecule has 5 nitrogen and oxygen atoms in total. The molecule has 8 heteroatoms. The highest BCUT2D eigenvalue weighted by Crippen LogP contribution is 2.46. The van der Waals surface area contributed by atoms with Crippen molar-refractivity contribution in [3.63, 3.8) is 0 Å². The maximum absolute atomic E-state index is 13.5. The number of fused-ring (bicyclic) bond motifs is 1. The predicted molar refractivity (Wildman–Crippen MR) is 127 cm³/mol. The fourth-order valence-corrected chi connectivity index (χ4v) is 5.60. The number of hydrogen-bond donors (Lipinski definition) is 1. The quantitative estimate of drug-likeness (QED) is 0.426. The first-order valence-electron chi connectivity index (χ1n) is 10.4. The lowest BCUT2D eigenvalue weighted by atomic mass is 9.73. The number of nitrogens with zero attached hydrogens (tertiary/aromatic N) is 3. The average molecular weight is 513 g/mol. The van der Waals surface area contributed by atoms with Gasteiger partial charge in [0.1, 0.15) is 11.9 Å². The van der Waals surface area contributed by atoms with Gasteiger partial charge in [-0.2, -0.15) is 4.98 Å². The Bertz CT molecular complexity index is 1250. The van der Waals surface area contributed by atoms with Crippen molar-refractivity contribution in [1.82, 2.24) is 14.8 Å². The molecule has 0 bridgehead atoms. The lowest BCUT2D eigenvalue weighted by molar-refractivity contribution is -0.118. The van der Waals surface area contributed by atoms with Crippen molar-refractivity contribution in [2.75, 3.05) is 5.32 Å². The van der Waals surface area contributed by atoms with Crippen molar-refractivity contribution in [2.45, 2.75) is 43.6 Å². The minimum Gasteiger partial charge on any atom is -0.328 e. The minimum atomic E-state index is -0.335. The molecule has 3 aromatic rings. The molecule has 0 radical (unpaired) electrons. The first kappa shape index (κ1) is 21.4. The number of benzene rings is 2. The summed E-state index contributed by atoms with van der Waals surface area (Å²) in [4.78, 5) is 18.0. The van der Waals surface area contributed by atoms with E-state index in [-0.39, 0.29) is 23.1 Å². The normalized spacial score (nSPS) is 19.4. The van der Waals surface area contributed by atoms with Gasteiger partial charge in [0.05, 0.1) is 0 Å². The van der Waals surface area contributed by atoms with Gasteiger partial charge in [-0.05, 0) is 47.2 Å². The topological polar surface area (TPSA) is 59.8 Å². The maximum Gasteiger partial charge on any atom is 0.227 e. The molecule has 1 aliphatic heterocycles. The second-order valence-electron chi connectivity index (χ2n) is 9.00. The lowest BCUT2D eigenvalue weighted by Crippen LogP contribution is -2.36. The molecule has 1 aromatic heterocycles. The summed E-state index contributed by atoms with van der Waals surface area (Å²) in [6.45, 7) is 4.23. The molecular formula is C24H22BrFN4OS. The summed E-state index contributed by atoms with van der Waals surface area (Å²) < 4.78 is 16.3. The van der Waals surface area contributed by atoms with Gasteiger partial charge < -0.3 is 5.32 Å². The van der Waals surface area contributed by atoms with Crippen LogP contribution in [0.15, 0.2) is 69.4 Å². The molecule has 1 unspecified atom stereocenters. The summed E-state index contributed by atoms with van der Waals surface area (Å²) in [6.07, 6.45) is 1.28. The summed E-state index contributed by atoms with van der Waals surface area (Å²) in [5.41, 5.74) is 3.43. The average Bonchev–Trinajstić information content (AvgIpc) is 3.12. The molecule has 0 fully saturated rings. The van der Waals surface area contributed by atoms with E-state index >= 15 is 0 Å².